The highest BCUT2D eigenvalue weighted by Crippen LogP contribution is 2.17. The summed E-state index contributed by atoms with van der Waals surface area (Å²) in [6, 6.07) is 14.3. The zero-order valence-electron chi connectivity index (χ0n) is 15.6. The van der Waals surface area contributed by atoms with Gasteiger partial charge in [-0.05, 0) is 42.5 Å². The lowest BCUT2D eigenvalue weighted by atomic mass is 10.2. The van der Waals surface area contributed by atoms with E-state index in [2.05, 4.69) is 31.7 Å². The third kappa shape index (κ3) is 5.90. The zero-order valence-corrected chi connectivity index (χ0v) is 17.2. The number of hydrogen-bond donors (Lipinski definition) is 2. The molecular weight excluding hydrogens is 440 g/mol. The molecule has 29 heavy (non-hydrogen) atoms. The Balaban J connectivity index is 1.62. The highest BCUT2D eigenvalue weighted by Gasteiger charge is 2.11. The number of methoxy groups -OCH3 is 1. The first kappa shape index (κ1) is 20.6. The van der Waals surface area contributed by atoms with Gasteiger partial charge in [0.2, 0.25) is 0 Å². The minimum absolute atomic E-state index is 0.154. The molecule has 1 heterocycles. The van der Waals surface area contributed by atoms with E-state index < -0.39 is 6.09 Å². The van der Waals surface area contributed by atoms with Crippen molar-refractivity contribution in [2.75, 3.05) is 31.0 Å². The largest absolute Gasteiger partial charge is 0.447 e. The quantitative estimate of drug-likeness (QED) is 0.520. The number of carbonyl (C=O) groups excluding carboxylic acids is 2. The molecule has 0 bridgehead atoms. The Bertz CT molecular complexity index is 988. The van der Waals surface area contributed by atoms with Crippen molar-refractivity contribution in [1.82, 2.24) is 9.78 Å². The SMILES string of the molecule is COCCOC(=O)Nc1cccc(NC(=O)c2cnn(-c3ccc(Br)cc3)c2)c1. The summed E-state index contributed by atoms with van der Waals surface area (Å²) in [5, 5.41) is 9.61. The Morgan fingerprint density at radius 2 is 1.79 bits per heavy atom. The fourth-order valence-electron chi connectivity index (χ4n) is 2.42. The molecule has 0 unspecified atom stereocenters. The van der Waals surface area contributed by atoms with Gasteiger partial charge in [0.15, 0.2) is 0 Å². The van der Waals surface area contributed by atoms with Crippen LogP contribution in [0.1, 0.15) is 10.4 Å². The Labute approximate surface area is 175 Å². The highest BCUT2D eigenvalue weighted by molar-refractivity contribution is 9.10. The molecule has 0 saturated heterocycles. The van der Waals surface area contributed by atoms with Crippen molar-refractivity contribution in [2.24, 2.45) is 0 Å². The van der Waals surface area contributed by atoms with E-state index >= 15 is 0 Å². The number of nitrogens with zero attached hydrogens (tertiary/aromatic N) is 2. The van der Waals surface area contributed by atoms with Gasteiger partial charge in [-0.3, -0.25) is 10.1 Å². The molecule has 9 heteroatoms. The predicted molar refractivity (Wildman–Crippen MR) is 113 cm³/mol. The van der Waals surface area contributed by atoms with Gasteiger partial charge < -0.3 is 14.8 Å². The maximum absolute atomic E-state index is 12.5. The molecule has 0 aliphatic carbocycles. The van der Waals surface area contributed by atoms with Crippen LogP contribution in [0.3, 0.4) is 0 Å². The van der Waals surface area contributed by atoms with Crippen molar-refractivity contribution in [3.8, 4) is 5.69 Å². The van der Waals surface area contributed by atoms with Gasteiger partial charge >= 0.3 is 6.09 Å². The fraction of sp³-hybridized carbons (Fsp3) is 0.150. The molecule has 150 valence electrons. The third-order valence-corrected chi connectivity index (χ3v) is 4.35. The number of carbonyl (C=O) groups is 2. The van der Waals surface area contributed by atoms with Crippen LogP contribution in [0.5, 0.6) is 0 Å². The lowest BCUT2D eigenvalue weighted by molar-refractivity contribution is 0.102. The summed E-state index contributed by atoms with van der Waals surface area (Å²) in [6.45, 7) is 0.471. The number of benzene rings is 2. The summed E-state index contributed by atoms with van der Waals surface area (Å²) in [5.74, 6) is -0.312. The van der Waals surface area contributed by atoms with Crippen LogP contribution in [-0.4, -0.2) is 42.1 Å². The van der Waals surface area contributed by atoms with Crippen LogP contribution in [0.2, 0.25) is 0 Å². The number of aromatic nitrogens is 2. The van der Waals surface area contributed by atoms with E-state index in [-0.39, 0.29) is 12.5 Å². The number of rotatable bonds is 7. The summed E-state index contributed by atoms with van der Waals surface area (Å²) >= 11 is 3.39. The van der Waals surface area contributed by atoms with Crippen molar-refractivity contribution in [3.63, 3.8) is 0 Å². The normalized spacial score (nSPS) is 10.4. The Morgan fingerprint density at radius 3 is 2.52 bits per heavy atom. The fourth-order valence-corrected chi connectivity index (χ4v) is 2.69. The molecule has 2 aromatic carbocycles. The minimum atomic E-state index is -0.596. The first-order valence-electron chi connectivity index (χ1n) is 8.70. The van der Waals surface area contributed by atoms with Crippen LogP contribution in [0.15, 0.2) is 65.4 Å². The van der Waals surface area contributed by atoms with Crippen LogP contribution in [0.4, 0.5) is 16.2 Å². The van der Waals surface area contributed by atoms with E-state index in [0.29, 0.717) is 23.5 Å². The summed E-state index contributed by atoms with van der Waals surface area (Å²) in [5.41, 5.74) is 2.27. The second-order valence-corrected chi connectivity index (χ2v) is 6.85. The van der Waals surface area contributed by atoms with Gasteiger partial charge in [-0.15, -0.1) is 0 Å². The van der Waals surface area contributed by atoms with E-state index in [1.807, 2.05) is 24.3 Å². The lowest BCUT2D eigenvalue weighted by Gasteiger charge is -2.09. The maximum Gasteiger partial charge on any atom is 0.411 e. The van der Waals surface area contributed by atoms with E-state index in [1.165, 1.54) is 13.3 Å². The van der Waals surface area contributed by atoms with E-state index in [9.17, 15) is 9.59 Å². The molecule has 0 aliphatic heterocycles. The molecule has 0 radical (unpaired) electrons. The molecule has 0 spiro atoms. The molecule has 2 amide bonds. The molecule has 0 saturated carbocycles. The molecular formula is C20H19BrN4O4. The second kappa shape index (κ2) is 9.85. The van der Waals surface area contributed by atoms with Crippen molar-refractivity contribution in [1.29, 1.82) is 0 Å². The van der Waals surface area contributed by atoms with Crippen LogP contribution < -0.4 is 10.6 Å². The van der Waals surface area contributed by atoms with Crippen molar-refractivity contribution < 1.29 is 19.1 Å². The number of hydrogen-bond acceptors (Lipinski definition) is 5. The van der Waals surface area contributed by atoms with Gasteiger partial charge in [0.05, 0.1) is 24.1 Å². The monoisotopic (exact) mass is 458 g/mol. The van der Waals surface area contributed by atoms with Crippen LogP contribution in [0, 0.1) is 0 Å². The van der Waals surface area contributed by atoms with Gasteiger partial charge in [-0.25, -0.2) is 9.48 Å². The average Bonchev–Trinajstić information content (AvgIpc) is 3.19. The Morgan fingerprint density at radius 1 is 1.07 bits per heavy atom. The zero-order chi connectivity index (χ0) is 20.6. The average molecular weight is 459 g/mol. The van der Waals surface area contributed by atoms with Gasteiger partial charge in [-0.1, -0.05) is 22.0 Å². The van der Waals surface area contributed by atoms with E-state index in [0.717, 1.165) is 10.2 Å². The number of halogens is 1. The van der Waals surface area contributed by atoms with Crippen LogP contribution in [0.25, 0.3) is 5.69 Å². The molecule has 2 N–H and O–H groups in total. The lowest BCUT2D eigenvalue weighted by Crippen LogP contribution is -2.16. The number of nitrogens with one attached hydrogen (secondary N) is 2. The summed E-state index contributed by atoms with van der Waals surface area (Å²) in [4.78, 5) is 24.2. The molecule has 1 aromatic heterocycles. The van der Waals surface area contributed by atoms with E-state index in [4.69, 9.17) is 9.47 Å². The highest BCUT2D eigenvalue weighted by atomic mass is 79.9. The predicted octanol–water partition coefficient (Wildman–Crippen LogP) is 4.08. The van der Waals surface area contributed by atoms with E-state index in [1.54, 1.807) is 35.1 Å². The minimum Gasteiger partial charge on any atom is -0.447 e. The first-order valence-corrected chi connectivity index (χ1v) is 9.49. The maximum atomic E-state index is 12.5. The third-order valence-electron chi connectivity index (χ3n) is 3.82. The van der Waals surface area contributed by atoms with Crippen LogP contribution in [-0.2, 0) is 9.47 Å². The Kier molecular flexibility index (Phi) is 6.99. The second-order valence-electron chi connectivity index (χ2n) is 5.94. The molecule has 0 fully saturated rings. The molecule has 0 atom stereocenters. The molecule has 8 nitrogen and oxygen atoms in total. The topological polar surface area (TPSA) is 94.5 Å². The summed E-state index contributed by atoms with van der Waals surface area (Å²) < 4.78 is 12.4. The molecule has 3 aromatic rings. The molecule has 3 rings (SSSR count). The molecule has 0 aliphatic rings. The van der Waals surface area contributed by atoms with Crippen molar-refractivity contribution >= 4 is 39.3 Å². The van der Waals surface area contributed by atoms with Gasteiger partial charge in [-0.2, -0.15) is 5.10 Å². The summed E-state index contributed by atoms with van der Waals surface area (Å²) in [6.07, 6.45) is 2.54. The number of amides is 2. The van der Waals surface area contributed by atoms with Crippen molar-refractivity contribution in [3.05, 3.63) is 71.0 Å². The van der Waals surface area contributed by atoms with Gasteiger partial charge in [0.25, 0.3) is 5.91 Å². The van der Waals surface area contributed by atoms with Crippen LogP contribution >= 0.6 is 15.9 Å². The standard InChI is InChI=1S/C20H19BrN4O4/c1-28-9-10-29-20(27)24-17-4-2-3-16(11-17)23-19(26)14-12-22-25(13-14)18-7-5-15(21)6-8-18/h2-8,11-13H,9-10H2,1H3,(H,23,26)(H,24,27). The van der Waals surface area contributed by atoms with Gasteiger partial charge in [0, 0.05) is 29.2 Å². The number of anilines is 2. The Hall–Kier alpha value is -3.17. The number of ether oxygens (including phenoxy) is 2. The van der Waals surface area contributed by atoms with Gasteiger partial charge in [0.1, 0.15) is 6.61 Å². The smallest absolute Gasteiger partial charge is 0.411 e. The summed E-state index contributed by atoms with van der Waals surface area (Å²) in [7, 11) is 1.52. The first-order chi connectivity index (χ1) is 14.0. The van der Waals surface area contributed by atoms with Crippen molar-refractivity contribution in [2.45, 2.75) is 0 Å².